The van der Waals surface area contributed by atoms with Gasteiger partial charge in [0.15, 0.2) is 5.11 Å². The Morgan fingerprint density at radius 3 is 2.40 bits per heavy atom. The zero-order valence-corrected chi connectivity index (χ0v) is 21.0. The van der Waals surface area contributed by atoms with Gasteiger partial charge in [-0.25, -0.2) is 0 Å². The van der Waals surface area contributed by atoms with Crippen molar-refractivity contribution >= 4 is 23.0 Å². The van der Waals surface area contributed by atoms with E-state index in [1.807, 2.05) is 12.3 Å². The molecule has 2 aliphatic carbocycles. The van der Waals surface area contributed by atoms with E-state index in [-0.39, 0.29) is 12.1 Å². The highest BCUT2D eigenvalue weighted by molar-refractivity contribution is 7.80. The zero-order chi connectivity index (χ0) is 23.6. The average molecular weight is 487 g/mol. The molecular weight excluding hydrogens is 452 g/mol. The third-order valence-corrected chi connectivity index (χ3v) is 8.21. The Morgan fingerprint density at radius 2 is 1.66 bits per heavy atom. The van der Waals surface area contributed by atoms with Crippen molar-refractivity contribution in [2.45, 2.75) is 82.0 Å². The molecule has 1 aliphatic heterocycles. The van der Waals surface area contributed by atoms with Crippen LogP contribution in [0.25, 0.3) is 0 Å². The van der Waals surface area contributed by atoms with Crippen LogP contribution < -0.4 is 15.0 Å². The van der Waals surface area contributed by atoms with Gasteiger partial charge in [-0.2, -0.15) is 0 Å². The number of nitrogens with one attached hydrogen (secondary N) is 1. The molecule has 2 atom stereocenters. The molecule has 5 nitrogen and oxygen atoms in total. The fourth-order valence-electron chi connectivity index (χ4n) is 6.07. The summed E-state index contributed by atoms with van der Waals surface area (Å²) in [7, 11) is 0. The Morgan fingerprint density at radius 1 is 0.886 bits per heavy atom. The fraction of sp³-hybridized carbons (Fsp3) is 0.448. The van der Waals surface area contributed by atoms with Gasteiger partial charge in [-0.05, 0) is 98.8 Å². The minimum Gasteiger partial charge on any atom is -0.490 e. The van der Waals surface area contributed by atoms with Gasteiger partial charge in [-0.15, -0.1) is 0 Å². The maximum Gasteiger partial charge on any atom is 0.174 e. The van der Waals surface area contributed by atoms with E-state index >= 15 is 0 Å². The summed E-state index contributed by atoms with van der Waals surface area (Å²) in [6, 6.07) is 17.5. The molecule has 3 heterocycles. The number of rotatable bonds is 6. The van der Waals surface area contributed by atoms with Crippen molar-refractivity contribution in [1.29, 1.82) is 0 Å². The molecule has 1 saturated heterocycles. The number of aromatic nitrogens is 2. The quantitative estimate of drug-likeness (QED) is 0.384. The highest BCUT2D eigenvalue weighted by atomic mass is 32.1. The molecule has 182 valence electrons. The molecule has 3 aromatic rings. The second-order valence-corrected chi connectivity index (χ2v) is 10.6. The molecule has 3 fully saturated rings. The molecule has 0 bridgehead atoms. The summed E-state index contributed by atoms with van der Waals surface area (Å²) in [5.41, 5.74) is 3.36. The summed E-state index contributed by atoms with van der Waals surface area (Å²) in [5.74, 6) is 0.944. The third kappa shape index (κ3) is 4.68. The van der Waals surface area contributed by atoms with E-state index in [0.717, 1.165) is 35.1 Å². The molecule has 2 saturated carbocycles. The Bertz CT molecular complexity index is 1130. The molecule has 1 aromatic carbocycles. The topological polar surface area (TPSA) is 42.3 Å². The van der Waals surface area contributed by atoms with Crippen molar-refractivity contribution in [1.82, 2.24) is 14.9 Å². The first kappa shape index (κ1) is 22.6. The zero-order valence-electron chi connectivity index (χ0n) is 20.2. The van der Waals surface area contributed by atoms with Gasteiger partial charge in [0.05, 0.1) is 23.9 Å². The Balaban J connectivity index is 1.31. The lowest BCUT2D eigenvalue weighted by molar-refractivity contribution is 0.210. The molecule has 1 N–H and O–H groups in total. The number of pyridine rings is 1. The summed E-state index contributed by atoms with van der Waals surface area (Å²) in [4.78, 5) is 6.95. The van der Waals surface area contributed by atoms with Crippen LogP contribution in [-0.4, -0.2) is 20.8 Å². The largest absolute Gasteiger partial charge is 0.490 e. The lowest BCUT2D eigenvalue weighted by atomic mass is 9.95. The molecule has 6 heteroatoms. The van der Waals surface area contributed by atoms with Crippen LogP contribution in [0.4, 0.5) is 5.69 Å². The lowest BCUT2D eigenvalue weighted by Crippen LogP contribution is -2.29. The number of benzene rings is 1. The minimum atomic E-state index is -0.0136. The average Bonchev–Trinajstić information content (AvgIpc) is 3.66. The molecule has 3 aliphatic rings. The number of hydrogen-bond donors (Lipinski definition) is 1. The van der Waals surface area contributed by atoms with Gasteiger partial charge >= 0.3 is 0 Å². The van der Waals surface area contributed by atoms with Crippen molar-refractivity contribution in [3.05, 3.63) is 78.4 Å². The van der Waals surface area contributed by atoms with Crippen LogP contribution in [-0.2, 0) is 0 Å². The van der Waals surface area contributed by atoms with E-state index in [4.69, 9.17) is 21.9 Å². The fourth-order valence-corrected chi connectivity index (χ4v) is 6.41. The first-order valence-corrected chi connectivity index (χ1v) is 13.6. The van der Waals surface area contributed by atoms with Crippen molar-refractivity contribution < 1.29 is 4.74 Å². The van der Waals surface area contributed by atoms with Gasteiger partial charge < -0.3 is 19.5 Å². The predicted octanol–water partition coefficient (Wildman–Crippen LogP) is 6.89. The minimum absolute atomic E-state index is 0.0136. The van der Waals surface area contributed by atoms with Gasteiger partial charge in [-0.3, -0.25) is 4.98 Å². The van der Waals surface area contributed by atoms with Gasteiger partial charge in [0.1, 0.15) is 5.75 Å². The Hall–Kier alpha value is -2.86. The smallest absolute Gasteiger partial charge is 0.174 e. The van der Waals surface area contributed by atoms with Crippen molar-refractivity contribution in [2.75, 3.05) is 4.90 Å². The highest BCUT2D eigenvalue weighted by Crippen LogP contribution is 2.42. The number of ether oxygens (including phenoxy) is 1. The number of thiocarbonyl (C=S) groups is 1. The van der Waals surface area contributed by atoms with E-state index in [9.17, 15) is 0 Å². The predicted molar refractivity (Wildman–Crippen MR) is 144 cm³/mol. The molecule has 6 rings (SSSR count). The van der Waals surface area contributed by atoms with E-state index in [2.05, 4.69) is 69.6 Å². The van der Waals surface area contributed by atoms with Gasteiger partial charge in [0.25, 0.3) is 0 Å². The Kier molecular flexibility index (Phi) is 6.47. The number of anilines is 1. The van der Waals surface area contributed by atoms with Crippen LogP contribution in [0.15, 0.2) is 67.1 Å². The first-order valence-electron chi connectivity index (χ1n) is 13.2. The molecule has 0 unspecified atom stereocenters. The van der Waals surface area contributed by atoms with E-state index in [1.165, 1.54) is 50.5 Å². The second-order valence-electron chi connectivity index (χ2n) is 10.2. The van der Waals surface area contributed by atoms with Crippen LogP contribution >= 0.6 is 12.2 Å². The summed E-state index contributed by atoms with van der Waals surface area (Å²) >= 11 is 5.91. The van der Waals surface area contributed by atoms with Gasteiger partial charge in [0.2, 0.25) is 0 Å². The van der Waals surface area contributed by atoms with E-state index in [1.54, 1.807) is 0 Å². The third-order valence-electron chi connectivity index (χ3n) is 7.89. The van der Waals surface area contributed by atoms with Gasteiger partial charge in [-0.1, -0.05) is 25.3 Å². The number of nitrogens with zero attached hydrogens (tertiary/aromatic N) is 3. The van der Waals surface area contributed by atoms with Crippen LogP contribution in [0.2, 0.25) is 0 Å². The van der Waals surface area contributed by atoms with Crippen LogP contribution in [0, 0.1) is 0 Å². The summed E-state index contributed by atoms with van der Waals surface area (Å²) in [6.07, 6.45) is 18.2. The van der Waals surface area contributed by atoms with Gasteiger partial charge in [0, 0.05) is 30.3 Å². The van der Waals surface area contributed by atoms with Crippen molar-refractivity contribution in [3.8, 4) is 5.75 Å². The molecule has 0 amide bonds. The maximum atomic E-state index is 6.21. The maximum absolute atomic E-state index is 6.21. The molecule has 0 radical (unpaired) electrons. The van der Waals surface area contributed by atoms with E-state index in [0.29, 0.717) is 12.1 Å². The SMILES string of the molecule is S=C1N[C@@H](c2ccccn2)[C@@H](c2ccn(C3CCCCC3)c2)N1c1ccc(OC2CCCC2)cc1. The van der Waals surface area contributed by atoms with Crippen LogP contribution in [0.3, 0.4) is 0 Å². The summed E-state index contributed by atoms with van der Waals surface area (Å²) in [6.45, 7) is 0. The molecule has 2 aromatic heterocycles. The Labute approximate surface area is 213 Å². The lowest BCUT2D eigenvalue weighted by Gasteiger charge is -2.28. The normalized spacial score (nSPS) is 23.5. The first-order chi connectivity index (χ1) is 17.3. The standard InChI is InChI=1S/C29H34N4OS/c35-29-31-27(26-12-6-7-18-30-26)28(21-17-19-32(20-21)22-8-2-1-3-9-22)33(29)23-13-15-25(16-14-23)34-24-10-4-5-11-24/h6-7,12-20,22,24,27-28H,1-5,8-11H2,(H,31,35)/t27-,28+/m0/s1. The monoisotopic (exact) mass is 486 g/mol. The molecule has 35 heavy (non-hydrogen) atoms. The molecular formula is C29H34N4OS. The number of hydrogen-bond acceptors (Lipinski definition) is 3. The second kappa shape index (κ2) is 10.0. The summed E-state index contributed by atoms with van der Waals surface area (Å²) in [5, 5.41) is 4.32. The van der Waals surface area contributed by atoms with E-state index < -0.39 is 0 Å². The molecule has 0 spiro atoms. The van der Waals surface area contributed by atoms with Crippen molar-refractivity contribution in [2.24, 2.45) is 0 Å². The summed E-state index contributed by atoms with van der Waals surface area (Å²) < 4.78 is 8.64. The highest BCUT2D eigenvalue weighted by Gasteiger charge is 2.41. The van der Waals surface area contributed by atoms with Crippen LogP contribution in [0.5, 0.6) is 5.75 Å². The van der Waals surface area contributed by atoms with Crippen molar-refractivity contribution in [3.63, 3.8) is 0 Å². The van der Waals surface area contributed by atoms with Crippen LogP contribution in [0.1, 0.15) is 87.2 Å².